The first kappa shape index (κ1) is 16.9. The van der Waals surface area contributed by atoms with Gasteiger partial charge in [-0.3, -0.25) is 9.59 Å². The Hall–Kier alpha value is -2.94. The van der Waals surface area contributed by atoms with Gasteiger partial charge in [-0.1, -0.05) is 18.2 Å². The maximum atomic E-state index is 13.8. The van der Waals surface area contributed by atoms with Crippen LogP contribution in [-0.2, 0) is 4.79 Å². The van der Waals surface area contributed by atoms with E-state index in [1.54, 1.807) is 18.2 Å². The molecule has 0 amide bonds. The molecule has 2 aromatic rings. The fraction of sp³-hybridized carbons (Fsp3) is 0.211. The number of rotatable bonds is 5. The van der Waals surface area contributed by atoms with E-state index >= 15 is 0 Å². The van der Waals surface area contributed by atoms with Crippen LogP contribution in [0.15, 0.2) is 42.5 Å². The minimum atomic E-state index is -1.62. The molecule has 0 N–H and O–H groups in total. The Kier molecular flexibility index (Phi) is 4.41. The van der Waals surface area contributed by atoms with Gasteiger partial charge in [-0.05, 0) is 42.2 Å². The van der Waals surface area contributed by atoms with Crippen molar-refractivity contribution in [2.75, 3.05) is 0 Å². The number of carbonyl (C=O) groups excluding carboxylic acids is 2. The van der Waals surface area contributed by atoms with Gasteiger partial charge in [0.2, 0.25) is 0 Å². The Morgan fingerprint density at radius 1 is 1.04 bits per heavy atom. The summed E-state index contributed by atoms with van der Waals surface area (Å²) >= 11 is 0. The Morgan fingerprint density at radius 2 is 1.76 bits per heavy atom. The molecular weight excluding hydrogens is 331 g/mol. The second-order valence-electron chi connectivity index (χ2n) is 5.93. The van der Waals surface area contributed by atoms with E-state index in [2.05, 4.69) is 0 Å². The third kappa shape index (κ3) is 3.18. The van der Waals surface area contributed by atoms with Crippen LogP contribution in [0.5, 0.6) is 0 Å². The fourth-order valence-corrected chi connectivity index (χ4v) is 2.91. The van der Waals surface area contributed by atoms with Gasteiger partial charge in [-0.2, -0.15) is 5.26 Å². The topological polar surface area (TPSA) is 57.9 Å². The lowest BCUT2D eigenvalue weighted by atomic mass is 9.91. The van der Waals surface area contributed by atoms with E-state index in [-0.39, 0.29) is 11.5 Å². The molecule has 0 saturated heterocycles. The van der Waals surface area contributed by atoms with Gasteiger partial charge in [-0.25, -0.2) is 13.2 Å². The van der Waals surface area contributed by atoms with E-state index in [9.17, 15) is 28.0 Å². The second-order valence-corrected chi connectivity index (χ2v) is 5.93. The van der Waals surface area contributed by atoms with Crippen molar-refractivity contribution in [3.05, 3.63) is 71.0 Å². The van der Waals surface area contributed by atoms with Crippen molar-refractivity contribution in [1.82, 2.24) is 0 Å². The maximum absolute atomic E-state index is 13.8. The average molecular weight is 343 g/mol. The van der Waals surface area contributed by atoms with Crippen molar-refractivity contribution in [2.45, 2.75) is 12.3 Å². The molecule has 3 unspecified atom stereocenters. The van der Waals surface area contributed by atoms with Crippen molar-refractivity contribution in [1.29, 1.82) is 5.26 Å². The molecule has 0 heterocycles. The molecule has 25 heavy (non-hydrogen) atoms. The summed E-state index contributed by atoms with van der Waals surface area (Å²) in [6, 6.07) is 10.1. The van der Waals surface area contributed by atoms with Crippen LogP contribution < -0.4 is 0 Å². The van der Waals surface area contributed by atoms with Crippen LogP contribution in [0.2, 0.25) is 0 Å². The number of hydrogen-bond acceptors (Lipinski definition) is 3. The summed E-state index contributed by atoms with van der Waals surface area (Å²) in [5.74, 6) is -6.92. The minimum absolute atomic E-state index is 0.248. The Morgan fingerprint density at radius 3 is 2.40 bits per heavy atom. The van der Waals surface area contributed by atoms with Crippen LogP contribution in [0.3, 0.4) is 0 Å². The van der Waals surface area contributed by atoms with Crippen molar-refractivity contribution >= 4 is 11.6 Å². The molecule has 3 atom stereocenters. The summed E-state index contributed by atoms with van der Waals surface area (Å²) in [6.07, 6.45) is 0.350. The highest BCUT2D eigenvalue weighted by atomic mass is 19.2. The first-order chi connectivity index (χ1) is 11.9. The molecule has 1 saturated carbocycles. The number of Topliss-reactive ketones (excluding diaryl/α,β-unsaturated/α-hetero) is 2. The zero-order valence-electron chi connectivity index (χ0n) is 12.9. The molecule has 1 fully saturated rings. The molecular formula is C19H12F3NO2. The van der Waals surface area contributed by atoms with Crippen molar-refractivity contribution < 1.29 is 22.8 Å². The van der Waals surface area contributed by atoms with Crippen LogP contribution in [0.4, 0.5) is 13.2 Å². The SMILES string of the molecule is N#CC(C(=O)c1ccc(F)c(F)c1)C(=O)C1CC1c1ccccc1F. The van der Waals surface area contributed by atoms with Gasteiger partial charge < -0.3 is 0 Å². The Balaban J connectivity index is 1.79. The third-order valence-electron chi connectivity index (χ3n) is 4.34. The predicted molar refractivity (Wildman–Crippen MR) is 82.0 cm³/mol. The van der Waals surface area contributed by atoms with Gasteiger partial charge >= 0.3 is 0 Å². The maximum Gasteiger partial charge on any atom is 0.187 e. The monoisotopic (exact) mass is 343 g/mol. The highest BCUT2D eigenvalue weighted by Crippen LogP contribution is 2.50. The molecule has 3 nitrogen and oxygen atoms in total. The number of halogens is 3. The van der Waals surface area contributed by atoms with E-state index in [1.165, 1.54) is 12.1 Å². The van der Waals surface area contributed by atoms with Crippen LogP contribution >= 0.6 is 0 Å². The number of hydrogen-bond donors (Lipinski definition) is 0. The zero-order valence-corrected chi connectivity index (χ0v) is 12.9. The standard InChI is InChI=1S/C19H12F3NO2/c20-15-4-2-1-3-11(15)12-8-13(12)19(25)14(9-23)18(24)10-5-6-16(21)17(22)7-10/h1-7,12-14H,8H2. The molecule has 1 aliphatic carbocycles. The highest BCUT2D eigenvalue weighted by molar-refractivity contribution is 6.14. The second kappa shape index (κ2) is 6.52. The summed E-state index contributed by atoms with van der Waals surface area (Å²) < 4.78 is 40.0. The van der Waals surface area contributed by atoms with Gasteiger partial charge in [0.15, 0.2) is 29.1 Å². The lowest BCUT2D eigenvalue weighted by Crippen LogP contribution is -2.25. The van der Waals surface area contributed by atoms with Crippen LogP contribution in [0.25, 0.3) is 0 Å². The first-order valence-corrected chi connectivity index (χ1v) is 7.61. The summed E-state index contributed by atoms with van der Waals surface area (Å²) in [6.45, 7) is 0. The zero-order chi connectivity index (χ0) is 18.1. The van der Waals surface area contributed by atoms with Crippen LogP contribution in [0, 0.1) is 40.6 Å². The van der Waals surface area contributed by atoms with Crippen LogP contribution in [0.1, 0.15) is 28.3 Å². The largest absolute Gasteiger partial charge is 0.297 e. The molecule has 3 rings (SSSR count). The van der Waals surface area contributed by atoms with E-state index in [0.29, 0.717) is 18.1 Å². The minimum Gasteiger partial charge on any atom is -0.297 e. The number of nitrogens with zero attached hydrogens (tertiary/aromatic N) is 1. The summed E-state index contributed by atoms with van der Waals surface area (Å²) in [5, 5.41) is 9.21. The van der Waals surface area contributed by atoms with Crippen molar-refractivity contribution in [2.24, 2.45) is 11.8 Å². The molecule has 0 radical (unpaired) electrons. The van der Waals surface area contributed by atoms with Gasteiger partial charge in [0, 0.05) is 11.5 Å². The van der Waals surface area contributed by atoms with E-state index < -0.39 is 40.9 Å². The van der Waals surface area contributed by atoms with E-state index in [0.717, 1.165) is 12.1 Å². The van der Waals surface area contributed by atoms with Gasteiger partial charge in [0.1, 0.15) is 5.82 Å². The summed E-state index contributed by atoms with van der Waals surface area (Å²) in [4.78, 5) is 24.8. The summed E-state index contributed by atoms with van der Waals surface area (Å²) in [5.41, 5.74) is 0.125. The first-order valence-electron chi connectivity index (χ1n) is 7.61. The fourth-order valence-electron chi connectivity index (χ4n) is 2.91. The molecule has 1 aliphatic rings. The number of nitriles is 1. The lowest BCUT2D eigenvalue weighted by molar-refractivity contribution is -0.121. The molecule has 0 bridgehead atoms. The predicted octanol–water partition coefficient (Wildman–Crippen LogP) is 3.80. The smallest absolute Gasteiger partial charge is 0.187 e. The van der Waals surface area contributed by atoms with Crippen LogP contribution in [-0.4, -0.2) is 11.6 Å². The van der Waals surface area contributed by atoms with E-state index in [4.69, 9.17) is 0 Å². The lowest BCUT2D eigenvalue weighted by Gasteiger charge is -2.08. The van der Waals surface area contributed by atoms with E-state index in [1.807, 2.05) is 0 Å². The molecule has 2 aromatic carbocycles. The van der Waals surface area contributed by atoms with Gasteiger partial charge in [-0.15, -0.1) is 0 Å². The molecule has 0 aromatic heterocycles. The summed E-state index contributed by atoms with van der Waals surface area (Å²) in [7, 11) is 0. The number of carbonyl (C=O) groups is 2. The molecule has 0 aliphatic heterocycles. The van der Waals surface area contributed by atoms with Gasteiger partial charge in [0.05, 0.1) is 6.07 Å². The van der Waals surface area contributed by atoms with Gasteiger partial charge in [0.25, 0.3) is 0 Å². The molecule has 0 spiro atoms. The average Bonchev–Trinajstić information content (AvgIpc) is 3.38. The van der Waals surface area contributed by atoms with Crippen molar-refractivity contribution in [3.63, 3.8) is 0 Å². The highest BCUT2D eigenvalue weighted by Gasteiger charge is 2.48. The van der Waals surface area contributed by atoms with Crippen molar-refractivity contribution in [3.8, 4) is 6.07 Å². The quantitative estimate of drug-likeness (QED) is 0.613. The molecule has 6 heteroatoms. The molecule has 126 valence electrons. The normalized spacial score (nSPS) is 19.8. The number of ketones is 2. The third-order valence-corrected chi connectivity index (χ3v) is 4.34. The number of benzene rings is 2. The Bertz CT molecular complexity index is 904. The Labute approximate surface area is 141 Å².